The van der Waals surface area contributed by atoms with Gasteiger partial charge in [0.2, 0.25) is 5.91 Å². The summed E-state index contributed by atoms with van der Waals surface area (Å²) in [5, 5.41) is 5.49. The van der Waals surface area contributed by atoms with Crippen LogP contribution in [-0.4, -0.2) is 29.9 Å². The van der Waals surface area contributed by atoms with Crippen LogP contribution in [0.1, 0.15) is 22.0 Å². The van der Waals surface area contributed by atoms with Gasteiger partial charge in [-0.25, -0.2) is 0 Å². The number of carbonyl (C=O) groups is 2. The number of aryl methyl sites for hydroxylation is 1. The van der Waals surface area contributed by atoms with Gasteiger partial charge in [-0.05, 0) is 48.7 Å². The average Bonchev–Trinajstić information content (AvgIpc) is 3.18. The molecule has 0 spiro atoms. The number of benzene rings is 2. The highest BCUT2D eigenvalue weighted by Gasteiger charge is 2.34. The van der Waals surface area contributed by atoms with Crippen LogP contribution in [0.2, 0.25) is 5.02 Å². The molecule has 0 radical (unpaired) electrons. The summed E-state index contributed by atoms with van der Waals surface area (Å²) >= 11 is 7.45. The Morgan fingerprint density at radius 2 is 2.03 bits per heavy atom. The van der Waals surface area contributed by atoms with Gasteiger partial charge in [-0.1, -0.05) is 35.4 Å². The Bertz CT molecular complexity index is 1030. The van der Waals surface area contributed by atoms with Crippen molar-refractivity contribution < 1.29 is 14.3 Å². The summed E-state index contributed by atoms with van der Waals surface area (Å²) in [6, 6.07) is 16.3. The maximum absolute atomic E-state index is 13.1. The molecular formula is C22H19ClN2O3S. The smallest absolute Gasteiger partial charge is 0.261 e. The lowest BCUT2D eigenvalue weighted by atomic mass is 9.99. The molecule has 5 nitrogen and oxygen atoms in total. The van der Waals surface area contributed by atoms with E-state index in [-0.39, 0.29) is 31.0 Å². The predicted octanol–water partition coefficient (Wildman–Crippen LogP) is 4.66. The molecule has 1 unspecified atom stereocenters. The highest BCUT2D eigenvalue weighted by molar-refractivity contribution is 7.10. The third-order valence-electron chi connectivity index (χ3n) is 4.71. The molecular weight excluding hydrogens is 408 g/mol. The van der Waals surface area contributed by atoms with E-state index in [1.54, 1.807) is 40.5 Å². The van der Waals surface area contributed by atoms with E-state index < -0.39 is 0 Å². The standard InChI is InChI=1S/C22H19ClN2O3S/c1-14-4-9-18-17(11-14)22(19-3-2-10-29-19)25(12-20(26)24-18)21(27)13-28-16-7-5-15(23)6-8-16/h2-11,22H,12-13H2,1H3,(H,24,26). The molecule has 2 aromatic carbocycles. The summed E-state index contributed by atoms with van der Waals surface area (Å²) in [5.41, 5.74) is 2.69. The molecule has 0 saturated carbocycles. The second kappa shape index (κ2) is 8.27. The van der Waals surface area contributed by atoms with Gasteiger partial charge in [-0.3, -0.25) is 9.59 Å². The van der Waals surface area contributed by atoms with Gasteiger partial charge in [0.15, 0.2) is 6.61 Å². The maximum atomic E-state index is 13.1. The van der Waals surface area contributed by atoms with E-state index in [2.05, 4.69) is 5.32 Å². The Balaban J connectivity index is 1.66. The first-order chi connectivity index (χ1) is 14.0. The third-order valence-corrected chi connectivity index (χ3v) is 5.89. The van der Waals surface area contributed by atoms with Crippen LogP contribution in [0.5, 0.6) is 5.75 Å². The molecule has 4 rings (SSSR count). The Morgan fingerprint density at radius 3 is 2.76 bits per heavy atom. The van der Waals surface area contributed by atoms with Crippen LogP contribution in [0.3, 0.4) is 0 Å². The number of nitrogens with one attached hydrogen (secondary N) is 1. The van der Waals surface area contributed by atoms with Crippen LogP contribution < -0.4 is 10.1 Å². The van der Waals surface area contributed by atoms with E-state index in [1.165, 1.54) is 0 Å². The molecule has 2 heterocycles. The van der Waals surface area contributed by atoms with Gasteiger partial charge in [0.05, 0.1) is 6.04 Å². The van der Waals surface area contributed by atoms with Crippen LogP contribution in [0.25, 0.3) is 0 Å². The molecule has 0 bridgehead atoms. The van der Waals surface area contributed by atoms with Crippen molar-refractivity contribution >= 4 is 40.4 Å². The lowest BCUT2D eigenvalue weighted by molar-refractivity contribution is -0.138. The predicted molar refractivity (Wildman–Crippen MR) is 115 cm³/mol. The van der Waals surface area contributed by atoms with Gasteiger partial charge in [-0.15, -0.1) is 11.3 Å². The van der Waals surface area contributed by atoms with Crippen molar-refractivity contribution in [2.75, 3.05) is 18.5 Å². The fourth-order valence-corrected chi connectivity index (χ4v) is 4.35. The first-order valence-corrected chi connectivity index (χ1v) is 10.4. The largest absolute Gasteiger partial charge is 0.484 e. The minimum atomic E-state index is -0.356. The Kier molecular flexibility index (Phi) is 5.56. The minimum absolute atomic E-state index is 0.0426. The SMILES string of the molecule is Cc1ccc2c(c1)C(c1cccs1)N(C(=O)COc1ccc(Cl)cc1)CC(=O)N2. The van der Waals surface area contributed by atoms with E-state index >= 15 is 0 Å². The minimum Gasteiger partial charge on any atom is -0.484 e. The second-order valence-electron chi connectivity index (χ2n) is 6.82. The fourth-order valence-electron chi connectivity index (χ4n) is 3.37. The zero-order chi connectivity index (χ0) is 20.4. The average molecular weight is 427 g/mol. The number of anilines is 1. The molecule has 0 aliphatic carbocycles. The number of nitrogens with zero attached hydrogens (tertiary/aromatic N) is 1. The van der Waals surface area contributed by atoms with Gasteiger partial charge >= 0.3 is 0 Å². The van der Waals surface area contributed by atoms with Gasteiger partial charge in [0.25, 0.3) is 5.91 Å². The molecule has 7 heteroatoms. The first kappa shape index (κ1) is 19.5. The molecule has 1 atom stereocenters. The van der Waals surface area contributed by atoms with Crippen molar-refractivity contribution in [2.45, 2.75) is 13.0 Å². The number of hydrogen-bond acceptors (Lipinski definition) is 4. The summed E-state index contributed by atoms with van der Waals surface area (Å²) in [5.74, 6) is 0.0581. The van der Waals surface area contributed by atoms with Crippen molar-refractivity contribution in [3.05, 3.63) is 81.0 Å². The van der Waals surface area contributed by atoms with Crippen molar-refractivity contribution in [1.82, 2.24) is 4.90 Å². The summed E-state index contributed by atoms with van der Waals surface area (Å²) in [7, 11) is 0. The van der Waals surface area contributed by atoms with Crippen LogP contribution in [0.15, 0.2) is 60.0 Å². The second-order valence-corrected chi connectivity index (χ2v) is 8.24. The maximum Gasteiger partial charge on any atom is 0.261 e. The summed E-state index contributed by atoms with van der Waals surface area (Å²) in [4.78, 5) is 28.2. The number of fused-ring (bicyclic) bond motifs is 1. The first-order valence-electron chi connectivity index (χ1n) is 9.13. The molecule has 3 aromatic rings. The molecule has 1 aliphatic heterocycles. The summed E-state index contributed by atoms with van der Waals surface area (Å²) < 4.78 is 5.65. The van der Waals surface area contributed by atoms with E-state index in [9.17, 15) is 9.59 Å². The van der Waals surface area contributed by atoms with E-state index in [0.717, 1.165) is 21.7 Å². The molecule has 0 saturated heterocycles. The van der Waals surface area contributed by atoms with Crippen LogP contribution >= 0.6 is 22.9 Å². The Morgan fingerprint density at radius 1 is 1.24 bits per heavy atom. The Hall–Kier alpha value is -2.83. The molecule has 148 valence electrons. The van der Waals surface area contributed by atoms with E-state index in [4.69, 9.17) is 16.3 Å². The van der Waals surface area contributed by atoms with Gasteiger partial charge in [0, 0.05) is 21.2 Å². The quantitative estimate of drug-likeness (QED) is 0.660. The lowest BCUT2D eigenvalue weighted by Crippen LogP contribution is -2.41. The number of thiophene rings is 1. The molecule has 1 N–H and O–H groups in total. The van der Waals surface area contributed by atoms with Crippen LogP contribution in [-0.2, 0) is 9.59 Å². The normalized spacial score (nSPS) is 16.0. The molecule has 1 aromatic heterocycles. The van der Waals surface area contributed by atoms with Crippen molar-refractivity contribution in [2.24, 2.45) is 0 Å². The van der Waals surface area contributed by atoms with Gasteiger partial charge < -0.3 is 15.0 Å². The van der Waals surface area contributed by atoms with Gasteiger partial charge in [-0.2, -0.15) is 0 Å². The zero-order valence-electron chi connectivity index (χ0n) is 15.7. The third kappa shape index (κ3) is 4.28. The lowest BCUT2D eigenvalue weighted by Gasteiger charge is -2.29. The van der Waals surface area contributed by atoms with Crippen LogP contribution in [0.4, 0.5) is 5.69 Å². The zero-order valence-corrected chi connectivity index (χ0v) is 17.3. The highest BCUT2D eigenvalue weighted by Crippen LogP contribution is 2.38. The van der Waals surface area contributed by atoms with Crippen molar-refractivity contribution in [3.8, 4) is 5.75 Å². The van der Waals surface area contributed by atoms with Gasteiger partial charge in [0.1, 0.15) is 12.3 Å². The van der Waals surface area contributed by atoms with Crippen LogP contribution in [0, 0.1) is 6.92 Å². The number of hydrogen-bond donors (Lipinski definition) is 1. The van der Waals surface area contributed by atoms with Crippen molar-refractivity contribution in [3.63, 3.8) is 0 Å². The number of amides is 2. The number of carbonyl (C=O) groups excluding carboxylic acids is 2. The Labute approximate surface area is 177 Å². The monoisotopic (exact) mass is 426 g/mol. The molecule has 0 fully saturated rings. The topological polar surface area (TPSA) is 58.6 Å². The molecule has 1 aliphatic rings. The summed E-state index contributed by atoms with van der Waals surface area (Å²) in [6.45, 7) is 1.78. The fraction of sp³-hybridized carbons (Fsp3) is 0.182. The molecule has 29 heavy (non-hydrogen) atoms. The number of halogens is 1. The number of ether oxygens (including phenoxy) is 1. The highest BCUT2D eigenvalue weighted by atomic mass is 35.5. The molecule has 2 amide bonds. The summed E-state index contributed by atoms with van der Waals surface area (Å²) in [6.07, 6.45) is 0. The van der Waals surface area contributed by atoms with E-state index in [0.29, 0.717) is 10.8 Å². The number of rotatable bonds is 4. The van der Waals surface area contributed by atoms with E-state index in [1.807, 2.05) is 42.6 Å². The van der Waals surface area contributed by atoms with Crippen molar-refractivity contribution in [1.29, 1.82) is 0 Å².